The lowest BCUT2D eigenvalue weighted by molar-refractivity contribution is -0.139. The van der Waals surface area contributed by atoms with Gasteiger partial charge in [-0.2, -0.15) is 0 Å². The normalized spacial score (nSPS) is 9.69. The Morgan fingerprint density at radius 1 is 1.62 bits per heavy atom. The third-order valence-electron chi connectivity index (χ3n) is 1.26. The average molecular weight is 249 g/mol. The van der Waals surface area contributed by atoms with Gasteiger partial charge in [-0.15, -0.1) is 0 Å². The molecule has 3 nitrogen and oxygen atoms in total. The molecule has 1 aromatic carbocycles. The molecule has 0 radical (unpaired) electrons. The van der Waals surface area contributed by atoms with Crippen molar-refractivity contribution < 1.29 is 19.0 Å². The Hall–Kier alpha value is -1.10. The third-order valence-corrected chi connectivity index (χ3v) is 1.88. The number of aliphatic carboxylic acids is 1. The first-order valence-electron chi connectivity index (χ1n) is 3.40. The van der Waals surface area contributed by atoms with E-state index in [1.807, 2.05) is 0 Å². The molecule has 0 fully saturated rings. The quantitative estimate of drug-likeness (QED) is 0.891. The topological polar surface area (TPSA) is 46.5 Å². The van der Waals surface area contributed by atoms with Gasteiger partial charge in [-0.3, -0.25) is 0 Å². The minimum Gasteiger partial charge on any atom is -0.479 e. The summed E-state index contributed by atoms with van der Waals surface area (Å²) in [5.41, 5.74) is 0. The first-order valence-corrected chi connectivity index (χ1v) is 4.19. The maximum atomic E-state index is 13.0. The molecule has 13 heavy (non-hydrogen) atoms. The molecule has 5 heteroatoms. The van der Waals surface area contributed by atoms with Gasteiger partial charge in [0.2, 0.25) is 0 Å². The summed E-state index contributed by atoms with van der Waals surface area (Å²) in [5, 5.41) is 8.29. The van der Waals surface area contributed by atoms with Crippen molar-refractivity contribution in [2.45, 2.75) is 0 Å². The second-order valence-corrected chi connectivity index (χ2v) is 3.09. The van der Waals surface area contributed by atoms with Gasteiger partial charge in [0, 0.05) is 0 Å². The summed E-state index contributed by atoms with van der Waals surface area (Å²) in [6.45, 7) is -0.556. The van der Waals surface area contributed by atoms with E-state index in [1.165, 1.54) is 12.1 Å². The van der Waals surface area contributed by atoms with Crippen molar-refractivity contribution in [3.63, 3.8) is 0 Å². The van der Waals surface area contributed by atoms with Crippen LogP contribution >= 0.6 is 15.9 Å². The summed E-state index contributed by atoms with van der Waals surface area (Å²) in [7, 11) is 0. The van der Waals surface area contributed by atoms with Gasteiger partial charge in [-0.05, 0) is 28.1 Å². The standard InChI is InChI=1S/C8H6BrFO3/c9-5-2-1-3-6(10)8(5)13-4-7(11)12/h1-3H,4H2,(H,11,12). The van der Waals surface area contributed by atoms with Crippen LogP contribution in [0.3, 0.4) is 0 Å². The van der Waals surface area contributed by atoms with Crippen molar-refractivity contribution in [3.05, 3.63) is 28.5 Å². The maximum absolute atomic E-state index is 13.0. The van der Waals surface area contributed by atoms with Crippen LogP contribution in [0.4, 0.5) is 4.39 Å². The lowest BCUT2D eigenvalue weighted by Crippen LogP contribution is -2.10. The minimum atomic E-state index is -1.14. The van der Waals surface area contributed by atoms with Gasteiger partial charge < -0.3 is 9.84 Å². The summed E-state index contributed by atoms with van der Waals surface area (Å²) in [6, 6.07) is 4.26. The van der Waals surface area contributed by atoms with Crippen LogP contribution in [0.25, 0.3) is 0 Å². The van der Waals surface area contributed by atoms with Crippen molar-refractivity contribution in [2.75, 3.05) is 6.61 Å². The molecule has 0 aromatic heterocycles. The molecule has 0 heterocycles. The molecule has 0 atom stereocenters. The molecule has 0 spiro atoms. The lowest BCUT2D eigenvalue weighted by Gasteiger charge is -2.05. The number of hydrogen-bond acceptors (Lipinski definition) is 2. The van der Waals surface area contributed by atoms with Crippen molar-refractivity contribution in [3.8, 4) is 5.75 Å². The Labute approximate surface area is 82.3 Å². The highest BCUT2D eigenvalue weighted by atomic mass is 79.9. The summed E-state index contributed by atoms with van der Waals surface area (Å²) in [6.07, 6.45) is 0. The minimum absolute atomic E-state index is 0.0788. The highest BCUT2D eigenvalue weighted by molar-refractivity contribution is 9.10. The van der Waals surface area contributed by atoms with E-state index >= 15 is 0 Å². The first kappa shape index (κ1) is 9.98. The Kier molecular flexibility index (Phi) is 3.25. The molecular formula is C8H6BrFO3. The average Bonchev–Trinajstić information content (AvgIpc) is 2.03. The van der Waals surface area contributed by atoms with Gasteiger partial charge in [0.05, 0.1) is 4.47 Å². The summed E-state index contributed by atoms with van der Waals surface area (Å²) in [4.78, 5) is 10.1. The van der Waals surface area contributed by atoms with E-state index in [1.54, 1.807) is 6.07 Å². The van der Waals surface area contributed by atoms with E-state index in [9.17, 15) is 9.18 Å². The third kappa shape index (κ3) is 2.69. The van der Waals surface area contributed by atoms with E-state index in [4.69, 9.17) is 9.84 Å². The molecule has 0 unspecified atom stereocenters. The SMILES string of the molecule is O=C(O)COc1c(F)cccc1Br. The molecule has 0 saturated carbocycles. The highest BCUT2D eigenvalue weighted by Gasteiger charge is 2.08. The molecule has 0 aliphatic rings. The zero-order chi connectivity index (χ0) is 9.84. The molecule has 0 saturated heterocycles. The van der Waals surface area contributed by atoms with Crippen LogP contribution in [-0.4, -0.2) is 17.7 Å². The molecule has 0 bridgehead atoms. The molecule has 0 amide bonds. The number of halogens is 2. The van der Waals surface area contributed by atoms with Gasteiger partial charge in [-0.1, -0.05) is 6.07 Å². The molecule has 70 valence electrons. The Morgan fingerprint density at radius 2 is 2.31 bits per heavy atom. The Bertz CT molecular complexity index is 307. The van der Waals surface area contributed by atoms with E-state index < -0.39 is 18.4 Å². The van der Waals surface area contributed by atoms with Gasteiger partial charge in [-0.25, -0.2) is 9.18 Å². The number of para-hydroxylation sites is 1. The molecular weight excluding hydrogens is 243 g/mol. The van der Waals surface area contributed by atoms with Crippen molar-refractivity contribution in [1.82, 2.24) is 0 Å². The number of hydrogen-bond donors (Lipinski definition) is 1. The van der Waals surface area contributed by atoms with Crippen LogP contribution in [0.1, 0.15) is 0 Å². The fraction of sp³-hybridized carbons (Fsp3) is 0.125. The smallest absolute Gasteiger partial charge is 0.341 e. The first-order chi connectivity index (χ1) is 6.11. The fourth-order valence-electron chi connectivity index (χ4n) is 0.754. The zero-order valence-electron chi connectivity index (χ0n) is 6.46. The number of carbonyl (C=O) groups is 1. The van der Waals surface area contributed by atoms with Crippen LogP contribution in [0.15, 0.2) is 22.7 Å². The van der Waals surface area contributed by atoms with Gasteiger partial charge in [0.1, 0.15) is 0 Å². The van der Waals surface area contributed by atoms with Crippen molar-refractivity contribution >= 4 is 21.9 Å². The number of carboxylic acids is 1. The molecule has 0 aliphatic heterocycles. The van der Waals surface area contributed by atoms with E-state index in [-0.39, 0.29) is 5.75 Å². The monoisotopic (exact) mass is 248 g/mol. The zero-order valence-corrected chi connectivity index (χ0v) is 8.04. The van der Waals surface area contributed by atoms with Crippen molar-refractivity contribution in [2.24, 2.45) is 0 Å². The number of carboxylic acid groups (broad SMARTS) is 1. The number of ether oxygens (including phenoxy) is 1. The second kappa shape index (κ2) is 4.23. The van der Waals surface area contributed by atoms with Crippen LogP contribution < -0.4 is 4.74 Å². The van der Waals surface area contributed by atoms with Crippen LogP contribution in [-0.2, 0) is 4.79 Å². The van der Waals surface area contributed by atoms with E-state index in [0.29, 0.717) is 4.47 Å². The Balaban J connectivity index is 2.81. The highest BCUT2D eigenvalue weighted by Crippen LogP contribution is 2.27. The predicted molar refractivity (Wildman–Crippen MR) is 47.2 cm³/mol. The molecule has 0 aliphatic carbocycles. The molecule has 1 N–H and O–H groups in total. The summed E-state index contributed by atoms with van der Waals surface area (Å²) in [5.74, 6) is -1.81. The molecule has 1 aromatic rings. The number of rotatable bonds is 3. The maximum Gasteiger partial charge on any atom is 0.341 e. The van der Waals surface area contributed by atoms with Crippen LogP contribution in [0, 0.1) is 5.82 Å². The largest absolute Gasteiger partial charge is 0.479 e. The summed E-state index contributed by atoms with van der Waals surface area (Å²) >= 11 is 3.04. The van der Waals surface area contributed by atoms with Crippen LogP contribution in [0.2, 0.25) is 0 Å². The predicted octanol–water partition coefficient (Wildman–Crippen LogP) is 2.05. The number of benzene rings is 1. The fourth-order valence-corrected chi connectivity index (χ4v) is 1.21. The van der Waals surface area contributed by atoms with Gasteiger partial charge >= 0.3 is 5.97 Å². The van der Waals surface area contributed by atoms with E-state index in [0.717, 1.165) is 0 Å². The molecule has 1 rings (SSSR count). The van der Waals surface area contributed by atoms with Crippen molar-refractivity contribution in [1.29, 1.82) is 0 Å². The van der Waals surface area contributed by atoms with Gasteiger partial charge in [0.25, 0.3) is 0 Å². The second-order valence-electron chi connectivity index (χ2n) is 2.23. The van der Waals surface area contributed by atoms with E-state index in [2.05, 4.69) is 15.9 Å². The summed E-state index contributed by atoms with van der Waals surface area (Å²) < 4.78 is 18.1. The van der Waals surface area contributed by atoms with Gasteiger partial charge in [0.15, 0.2) is 18.2 Å². The van der Waals surface area contributed by atoms with Crippen LogP contribution in [0.5, 0.6) is 5.75 Å². The Morgan fingerprint density at radius 3 is 2.85 bits per heavy atom. The lowest BCUT2D eigenvalue weighted by atomic mass is 10.3.